The molecule has 15 heavy (non-hydrogen) atoms. The molecule has 3 heterocycles. The third-order valence-corrected chi connectivity index (χ3v) is 3.28. The highest BCUT2D eigenvalue weighted by atomic mass is 35.5. The van der Waals surface area contributed by atoms with Crippen molar-refractivity contribution >= 4 is 44.9 Å². The summed E-state index contributed by atoms with van der Waals surface area (Å²) >= 11 is 7.25. The van der Waals surface area contributed by atoms with E-state index in [1.165, 1.54) is 11.3 Å². The van der Waals surface area contributed by atoms with E-state index in [0.29, 0.717) is 11.5 Å². The van der Waals surface area contributed by atoms with E-state index < -0.39 is 0 Å². The van der Waals surface area contributed by atoms with Gasteiger partial charge in [0, 0.05) is 11.1 Å². The minimum Gasteiger partial charge on any atom is -0.382 e. The van der Waals surface area contributed by atoms with Crippen molar-refractivity contribution < 1.29 is 0 Å². The standard InChI is InChI=1S/C8H6ClN5S/c1-3-2-15-8-13-6-4(14(3)8)5(10)11-7(9)12-6/h2H,1H3,(H2,10,11,12). The van der Waals surface area contributed by atoms with Gasteiger partial charge in [-0.15, -0.1) is 11.3 Å². The highest BCUT2D eigenvalue weighted by molar-refractivity contribution is 7.15. The van der Waals surface area contributed by atoms with Crippen LogP contribution >= 0.6 is 22.9 Å². The Morgan fingerprint density at radius 2 is 2.20 bits per heavy atom. The molecule has 0 saturated heterocycles. The maximum absolute atomic E-state index is 5.80. The van der Waals surface area contributed by atoms with Gasteiger partial charge in [0.15, 0.2) is 16.4 Å². The number of nitrogens with two attached hydrogens (primary N) is 1. The number of rotatable bonds is 0. The minimum absolute atomic E-state index is 0.128. The van der Waals surface area contributed by atoms with Crippen LogP contribution in [0.1, 0.15) is 5.69 Å². The molecule has 76 valence electrons. The molecular formula is C8H6ClN5S. The van der Waals surface area contributed by atoms with Crippen molar-refractivity contribution in [3.63, 3.8) is 0 Å². The van der Waals surface area contributed by atoms with E-state index in [0.717, 1.165) is 16.2 Å². The van der Waals surface area contributed by atoms with Crippen LogP contribution in [-0.4, -0.2) is 19.4 Å². The fraction of sp³-hybridized carbons (Fsp3) is 0.125. The number of fused-ring (bicyclic) bond motifs is 3. The first-order chi connectivity index (χ1) is 7.16. The molecule has 2 N–H and O–H groups in total. The molecule has 5 nitrogen and oxygen atoms in total. The average molecular weight is 240 g/mol. The summed E-state index contributed by atoms with van der Waals surface area (Å²) in [6.45, 7) is 1.98. The number of aromatic nitrogens is 4. The molecule has 0 radical (unpaired) electrons. The Bertz CT molecular complexity index is 670. The van der Waals surface area contributed by atoms with Gasteiger partial charge in [-0.3, -0.25) is 4.40 Å². The van der Waals surface area contributed by atoms with E-state index in [-0.39, 0.29) is 5.28 Å². The molecule has 0 fully saturated rings. The maximum atomic E-state index is 5.80. The Morgan fingerprint density at radius 1 is 1.40 bits per heavy atom. The number of halogens is 1. The average Bonchev–Trinajstić information content (AvgIpc) is 2.66. The molecule has 0 amide bonds. The van der Waals surface area contributed by atoms with Crippen LogP contribution in [0.4, 0.5) is 5.82 Å². The number of hydrogen-bond acceptors (Lipinski definition) is 5. The molecule has 0 spiro atoms. The predicted octanol–water partition coefficient (Wildman–Crippen LogP) is 1.88. The molecule has 0 aromatic carbocycles. The summed E-state index contributed by atoms with van der Waals surface area (Å²) in [5, 5.41) is 2.14. The van der Waals surface area contributed by atoms with Crippen LogP contribution in [0.2, 0.25) is 5.28 Å². The van der Waals surface area contributed by atoms with Crippen LogP contribution in [0.15, 0.2) is 5.38 Å². The molecule has 0 saturated carbocycles. The summed E-state index contributed by atoms with van der Waals surface area (Å²) in [6, 6.07) is 0. The van der Waals surface area contributed by atoms with Gasteiger partial charge < -0.3 is 5.73 Å². The van der Waals surface area contributed by atoms with E-state index >= 15 is 0 Å². The summed E-state index contributed by atoms with van der Waals surface area (Å²) in [5.41, 5.74) is 8.14. The van der Waals surface area contributed by atoms with Crippen molar-refractivity contribution in [2.24, 2.45) is 0 Å². The lowest BCUT2D eigenvalue weighted by atomic mass is 10.4. The second-order valence-electron chi connectivity index (χ2n) is 3.16. The lowest BCUT2D eigenvalue weighted by Crippen LogP contribution is -1.96. The second-order valence-corrected chi connectivity index (χ2v) is 4.33. The van der Waals surface area contributed by atoms with E-state index in [2.05, 4.69) is 15.0 Å². The zero-order valence-electron chi connectivity index (χ0n) is 7.73. The van der Waals surface area contributed by atoms with Gasteiger partial charge in [-0.05, 0) is 18.5 Å². The summed E-state index contributed by atoms with van der Waals surface area (Å²) in [6.07, 6.45) is 0. The van der Waals surface area contributed by atoms with Gasteiger partial charge >= 0.3 is 0 Å². The van der Waals surface area contributed by atoms with Crippen LogP contribution in [0.3, 0.4) is 0 Å². The van der Waals surface area contributed by atoms with Gasteiger partial charge in [0.1, 0.15) is 5.52 Å². The quantitative estimate of drug-likeness (QED) is 0.608. The molecule has 0 aliphatic heterocycles. The molecule has 3 aromatic heterocycles. The van der Waals surface area contributed by atoms with Gasteiger partial charge in [0.05, 0.1) is 0 Å². The molecule has 0 atom stereocenters. The van der Waals surface area contributed by atoms with Crippen molar-refractivity contribution in [3.8, 4) is 0 Å². The van der Waals surface area contributed by atoms with Crippen LogP contribution in [-0.2, 0) is 0 Å². The Labute approximate surface area is 93.5 Å². The third kappa shape index (κ3) is 1.12. The Hall–Kier alpha value is -1.40. The molecule has 0 bridgehead atoms. The highest BCUT2D eigenvalue weighted by Crippen LogP contribution is 2.25. The van der Waals surface area contributed by atoms with Gasteiger partial charge in [-0.1, -0.05) is 0 Å². The zero-order valence-corrected chi connectivity index (χ0v) is 9.30. The SMILES string of the molecule is Cc1csc2nc3nc(Cl)nc(N)c3n12. The van der Waals surface area contributed by atoms with E-state index in [1.807, 2.05) is 16.7 Å². The number of anilines is 1. The first-order valence-electron chi connectivity index (χ1n) is 4.22. The summed E-state index contributed by atoms with van der Waals surface area (Å²) in [4.78, 5) is 13.1. The monoisotopic (exact) mass is 239 g/mol. The van der Waals surface area contributed by atoms with Crippen LogP contribution in [0, 0.1) is 6.92 Å². The molecular weight excluding hydrogens is 234 g/mol. The second kappa shape index (κ2) is 2.80. The summed E-state index contributed by atoms with van der Waals surface area (Å²) < 4.78 is 1.94. The van der Waals surface area contributed by atoms with Crippen molar-refractivity contribution in [1.29, 1.82) is 0 Å². The Morgan fingerprint density at radius 3 is 3.00 bits per heavy atom. The largest absolute Gasteiger partial charge is 0.382 e. The predicted molar refractivity (Wildman–Crippen MR) is 60.3 cm³/mol. The van der Waals surface area contributed by atoms with Crippen molar-refractivity contribution in [1.82, 2.24) is 19.4 Å². The fourth-order valence-corrected chi connectivity index (χ4v) is 2.59. The number of hydrogen-bond donors (Lipinski definition) is 1. The van der Waals surface area contributed by atoms with Gasteiger partial charge in [0.25, 0.3) is 0 Å². The van der Waals surface area contributed by atoms with E-state index in [9.17, 15) is 0 Å². The van der Waals surface area contributed by atoms with Crippen LogP contribution < -0.4 is 5.73 Å². The maximum Gasteiger partial charge on any atom is 0.226 e. The third-order valence-electron chi connectivity index (χ3n) is 2.17. The van der Waals surface area contributed by atoms with E-state index in [1.54, 1.807) is 0 Å². The molecule has 0 aliphatic rings. The Kier molecular flexibility index (Phi) is 1.66. The first kappa shape index (κ1) is 8.87. The van der Waals surface area contributed by atoms with Gasteiger partial charge in [-0.2, -0.15) is 15.0 Å². The molecule has 3 rings (SSSR count). The number of nitrogen functional groups attached to an aromatic ring is 1. The zero-order chi connectivity index (χ0) is 10.6. The first-order valence-corrected chi connectivity index (χ1v) is 5.48. The smallest absolute Gasteiger partial charge is 0.226 e. The summed E-state index contributed by atoms with van der Waals surface area (Å²) in [5.74, 6) is 0.360. The normalized spacial score (nSPS) is 11.6. The minimum atomic E-state index is 0.128. The number of thiazole rings is 1. The molecule has 0 unspecified atom stereocenters. The van der Waals surface area contributed by atoms with Gasteiger partial charge in [0.2, 0.25) is 5.28 Å². The molecule has 0 aliphatic carbocycles. The lowest BCUT2D eigenvalue weighted by molar-refractivity contribution is 1.15. The summed E-state index contributed by atoms with van der Waals surface area (Å²) in [7, 11) is 0. The number of imidazole rings is 1. The Balaban J connectivity index is 2.63. The lowest BCUT2D eigenvalue weighted by Gasteiger charge is -1.97. The van der Waals surface area contributed by atoms with Crippen LogP contribution in [0.5, 0.6) is 0 Å². The van der Waals surface area contributed by atoms with Crippen molar-refractivity contribution in [2.75, 3.05) is 5.73 Å². The van der Waals surface area contributed by atoms with Crippen LogP contribution in [0.25, 0.3) is 16.1 Å². The van der Waals surface area contributed by atoms with Gasteiger partial charge in [-0.25, -0.2) is 0 Å². The van der Waals surface area contributed by atoms with Crippen molar-refractivity contribution in [2.45, 2.75) is 6.92 Å². The fourth-order valence-electron chi connectivity index (χ4n) is 1.56. The number of aryl methyl sites for hydroxylation is 1. The number of nitrogens with zero attached hydrogens (tertiary/aromatic N) is 4. The van der Waals surface area contributed by atoms with E-state index in [4.69, 9.17) is 17.3 Å². The van der Waals surface area contributed by atoms with Crippen molar-refractivity contribution in [3.05, 3.63) is 16.4 Å². The topological polar surface area (TPSA) is 69.1 Å². The highest BCUT2D eigenvalue weighted by Gasteiger charge is 2.13. The molecule has 7 heteroatoms. The molecule has 3 aromatic rings.